The van der Waals surface area contributed by atoms with E-state index in [2.05, 4.69) is 103 Å². The lowest BCUT2D eigenvalue weighted by molar-refractivity contribution is 0.719. The highest BCUT2D eigenvalue weighted by molar-refractivity contribution is 6.04. The van der Waals surface area contributed by atoms with Gasteiger partial charge in [0.05, 0.1) is 5.41 Å². The normalized spacial score (nSPS) is 18.9. The minimum atomic E-state index is -0.272. The second-order valence-electron chi connectivity index (χ2n) is 10.2. The first kappa shape index (κ1) is 19.9. The molecule has 0 heterocycles. The van der Waals surface area contributed by atoms with Gasteiger partial charge in [-0.15, -0.1) is 0 Å². The summed E-state index contributed by atoms with van der Waals surface area (Å²) in [6.07, 6.45) is 6.89. The third kappa shape index (κ3) is 2.40. The van der Waals surface area contributed by atoms with Crippen LogP contribution >= 0.6 is 0 Å². The van der Waals surface area contributed by atoms with Crippen molar-refractivity contribution >= 4 is 22.0 Å². The van der Waals surface area contributed by atoms with Crippen molar-refractivity contribution in [3.05, 3.63) is 143 Å². The third-order valence-corrected chi connectivity index (χ3v) is 8.51. The Hall–Kier alpha value is -4.36. The maximum Gasteiger partial charge on any atom is 0.0694 e. The fraction of sp³-hybridized carbons (Fsp3) is 0.0857. The number of nitrogen functional groups attached to an aromatic ring is 1. The van der Waals surface area contributed by atoms with Crippen LogP contribution in [-0.4, -0.2) is 0 Å². The molecular weight excluding hydrogens is 434 g/mol. The molecule has 5 aromatic carbocycles. The molecule has 0 bridgehead atoms. The van der Waals surface area contributed by atoms with E-state index in [1.807, 2.05) is 12.1 Å². The molecule has 0 aromatic heterocycles. The zero-order valence-corrected chi connectivity index (χ0v) is 20.0. The van der Waals surface area contributed by atoms with Crippen molar-refractivity contribution in [2.75, 3.05) is 5.73 Å². The van der Waals surface area contributed by atoms with Gasteiger partial charge in [-0.2, -0.15) is 0 Å². The van der Waals surface area contributed by atoms with Crippen molar-refractivity contribution in [2.24, 2.45) is 0 Å². The van der Waals surface area contributed by atoms with Gasteiger partial charge < -0.3 is 5.73 Å². The molecule has 8 rings (SSSR count). The fourth-order valence-electron chi connectivity index (χ4n) is 7.09. The van der Waals surface area contributed by atoms with Gasteiger partial charge in [-0.05, 0) is 97.5 Å². The molecule has 2 N–H and O–H groups in total. The first-order chi connectivity index (χ1) is 17.8. The molecule has 1 atom stereocenters. The average Bonchev–Trinajstić information content (AvgIpc) is 3.40. The van der Waals surface area contributed by atoms with E-state index in [0.29, 0.717) is 0 Å². The molecule has 3 aliphatic carbocycles. The summed E-state index contributed by atoms with van der Waals surface area (Å²) >= 11 is 0. The lowest BCUT2D eigenvalue weighted by Crippen LogP contribution is -2.28. The van der Waals surface area contributed by atoms with Gasteiger partial charge in [-0.1, -0.05) is 97.1 Å². The Morgan fingerprint density at radius 1 is 0.639 bits per heavy atom. The van der Waals surface area contributed by atoms with Gasteiger partial charge in [0, 0.05) is 5.69 Å². The smallest absolute Gasteiger partial charge is 0.0694 e. The zero-order valence-electron chi connectivity index (χ0n) is 20.0. The van der Waals surface area contributed by atoms with Crippen LogP contribution in [0.2, 0.25) is 0 Å². The van der Waals surface area contributed by atoms with Crippen LogP contribution in [0.4, 0.5) is 5.69 Å². The van der Waals surface area contributed by atoms with E-state index in [1.54, 1.807) is 5.57 Å². The van der Waals surface area contributed by atoms with E-state index >= 15 is 0 Å². The molecule has 0 saturated heterocycles. The number of nitrogens with two attached hydrogens (primary N) is 1. The predicted molar refractivity (Wildman–Crippen MR) is 151 cm³/mol. The van der Waals surface area contributed by atoms with E-state index in [0.717, 1.165) is 18.5 Å². The minimum Gasteiger partial charge on any atom is -0.399 e. The summed E-state index contributed by atoms with van der Waals surface area (Å²) in [5.74, 6) is 0. The molecule has 36 heavy (non-hydrogen) atoms. The highest BCUT2D eigenvalue weighted by Crippen LogP contribution is 2.65. The van der Waals surface area contributed by atoms with Crippen LogP contribution in [-0.2, 0) is 5.41 Å². The van der Waals surface area contributed by atoms with E-state index in [9.17, 15) is 0 Å². The standard InChI is InChI=1S/C35H25N/c36-25-17-13-22(14-18-25)24-16-19-29-27-9-3-5-11-31(27)35(33(29)21-24)32-12-6-4-10-28(32)30-20-15-23-7-1-2-8-26(23)34(30)35/h1-5,7-11,13-21H,6,12,36H2. The van der Waals surface area contributed by atoms with Crippen molar-refractivity contribution in [2.45, 2.75) is 18.3 Å². The molecule has 3 aliphatic rings. The molecule has 170 valence electrons. The lowest BCUT2D eigenvalue weighted by Gasteiger charge is -2.34. The van der Waals surface area contributed by atoms with E-state index in [-0.39, 0.29) is 5.41 Å². The SMILES string of the molecule is Nc1ccc(-c2ccc3c(c2)C2(C4=C(C=CCC4)c4ccc5ccccc5c42)c2ccccc2-3)cc1. The maximum absolute atomic E-state index is 6.01. The summed E-state index contributed by atoms with van der Waals surface area (Å²) < 4.78 is 0. The molecule has 0 radical (unpaired) electrons. The van der Waals surface area contributed by atoms with Crippen LogP contribution in [0.3, 0.4) is 0 Å². The summed E-state index contributed by atoms with van der Waals surface area (Å²) in [4.78, 5) is 0. The van der Waals surface area contributed by atoms with Crippen LogP contribution in [0.25, 0.3) is 38.6 Å². The monoisotopic (exact) mass is 459 g/mol. The molecule has 5 aromatic rings. The predicted octanol–water partition coefficient (Wildman–Crippen LogP) is 8.52. The van der Waals surface area contributed by atoms with Crippen molar-refractivity contribution in [1.29, 1.82) is 0 Å². The molecule has 0 aliphatic heterocycles. The molecule has 1 spiro atoms. The van der Waals surface area contributed by atoms with Crippen LogP contribution in [0.5, 0.6) is 0 Å². The summed E-state index contributed by atoms with van der Waals surface area (Å²) in [6, 6.07) is 38.0. The highest BCUT2D eigenvalue weighted by Gasteiger charge is 2.53. The Morgan fingerprint density at radius 2 is 1.39 bits per heavy atom. The number of anilines is 1. The van der Waals surface area contributed by atoms with Crippen LogP contribution in [0.1, 0.15) is 35.1 Å². The summed E-state index contributed by atoms with van der Waals surface area (Å²) in [5, 5.41) is 2.67. The van der Waals surface area contributed by atoms with Gasteiger partial charge in [0.2, 0.25) is 0 Å². The maximum atomic E-state index is 6.01. The number of rotatable bonds is 1. The average molecular weight is 460 g/mol. The molecular formula is C35H25N. The van der Waals surface area contributed by atoms with E-state index in [4.69, 9.17) is 5.73 Å². The fourth-order valence-corrected chi connectivity index (χ4v) is 7.09. The van der Waals surface area contributed by atoms with Crippen molar-refractivity contribution in [1.82, 2.24) is 0 Å². The van der Waals surface area contributed by atoms with Crippen LogP contribution < -0.4 is 5.73 Å². The second-order valence-corrected chi connectivity index (χ2v) is 10.2. The third-order valence-electron chi connectivity index (χ3n) is 8.51. The molecule has 0 amide bonds. The number of fused-ring (bicyclic) bond motifs is 11. The lowest BCUT2D eigenvalue weighted by atomic mass is 9.67. The van der Waals surface area contributed by atoms with E-state index in [1.165, 1.54) is 60.9 Å². The number of hydrogen-bond donors (Lipinski definition) is 1. The summed E-state index contributed by atoms with van der Waals surface area (Å²) in [5.41, 5.74) is 20.3. The molecule has 1 unspecified atom stereocenters. The highest BCUT2D eigenvalue weighted by atomic mass is 14.5. The number of hydrogen-bond acceptors (Lipinski definition) is 1. The summed E-state index contributed by atoms with van der Waals surface area (Å²) in [6.45, 7) is 0. The second kappa shape index (κ2) is 7.08. The quantitative estimate of drug-likeness (QED) is 0.250. The van der Waals surface area contributed by atoms with Gasteiger partial charge in [0.15, 0.2) is 0 Å². The molecule has 0 saturated carbocycles. The van der Waals surface area contributed by atoms with Crippen LogP contribution in [0, 0.1) is 0 Å². The van der Waals surface area contributed by atoms with Gasteiger partial charge >= 0.3 is 0 Å². The first-order valence-corrected chi connectivity index (χ1v) is 12.8. The molecule has 1 heteroatoms. The molecule has 1 nitrogen and oxygen atoms in total. The Kier molecular flexibility index (Phi) is 3.92. The minimum absolute atomic E-state index is 0.272. The zero-order chi connectivity index (χ0) is 23.9. The number of allylic oxidation sites excluding steroid dienone is 4. The Balaban J connectivity index is 1.54. The Bertz CT molecular complexity index is 1780. The van der Waals surface area contributed by atoms with Crippen LogP contribution in [0.15, 0.2) is 121 Å². The number of benzene rings is 5. The first-order valence-electron chi connectivity index (χ1n) is 12.8. The topological polar surface area (TPSA) is 26.0 Å². The van der Waals surface area contributed by atoms with Gasteiger partial charge in [0.25, 0.3) is 0 Å². The van der Waals surface area contributed by atoms with Gasteiger partial charge in [-0.3, -0.25) is 0 Å². The van der Waals surface area contributed by atoms with Crippen molar-refractivity contribution in [3.63, 3.8) is 0 Å². The largest absolute Gasteiger partial charge is 0.399 e. The van der Waals surface area contributed by atoms with Gasteiger partial charge in [0.1, 0.15) is 0 Å². The summed E-state index contributed by atoms with van der Waals surface area (Å²) in [7, 11) is 0. The Labute approximate surface area is 211 Å². The van der Waals surface area contributed by atoms with E-state index < -0.39 is 0 Å². The van der Waals surface area contributed by atoms with Crippen molar-refractivity contribution < 1.29 is 0 Å². The Morgan fingerprint density at radius 3 is 2.31 bits per heavy atom. The molecule has 0 fully saturated rings. The van der Waals surface area contributed by atoms with Gasteiger partial charge in [-0.25, -0.2) is 0 Å². The van der Waals surface area contributed by atoms with Crippen molar-refractivity contribution in [3.8, 4) is 22.3 Å².